The molecule has 33 heavy (non-hydrogen) atoms. The van der Waals surface area contributed by atoms with Crippen LogP contribution in [-0.2, 0) is 22.6 Å². The van der Waals surface area contributed by atoms with E-state index in [0.29, 0.717) is 24.5 Å². The SMILES string of the molecule is Cc1c(C#N)c(NC(=O)CN(Cc2cccs2)C[C@@H]2CCCO2)n(Cc2ccccc2)c1C. The zero-order valence-electron chi connectivity index (χ0n) is 19.2. The number of nitrogens with one attached hydrogen (secondary N) is 1. The highest BCUT2D eigenvalue weighted by Gasteiger charge is 2.24. The lowest BCUT2D eigenvalue weighted by atomic mass is 10.2. The number of carbonyl (C=O) groups excluding carboxylic acids is 1. The summed E-state index contributed by atoms with van der Waals surface area (Å²) < 4.78 is 7.86. The number of thiophene rings is 1. The molecule has 3 heterocycles. The van der Waals surface area contributed by atoms with Crippen LogP contribution in [0.15, 0.2) is 47.8 Å². The molecule has 0 unspecified atom stereocenters. The Morgan fingerprint density at radius 3 is 2.76 bits per heavy atom. The van der Waals surface area contributed by atoms with Crippen LogP contribution in [0.2, 0.25) is 0 Å². The van der Waals surface area contributed by atoms with Crippen molar-refractivity contribution in [3.8, 4) is 6.07 Å². The van der Waals surface area contributed by atoms with Gasteiger partial charge in [0, 0.05) is 36.8 Å². The number of anilines is 1. The summed E-state index contributed by atoms with van der Waals surface area (Å²) in [5.74, 6) is 0.461. The van der Waals surface area contributed by atoms with E-state index in [4.69, 9.17) is 4.74 Å². The van der Waals surface area contributed by atoms with Gasteiger partial charge in [0.2, 0.25) is 5.91 Å². The molecular formula is C26H30N4O2S. The number of carbonyl (C=O) groups is 1. The molecular weight excluding hydrogens is 432 g/mol. The zero-order valence-corrected chi connectivity index (χ0v) is 20.0. The topological polar surface area (TPSA) is 70.3 Å². The Hall–Kier alpha value is -2.92. The molecule has 0 bridgehead atoms. The maximum Gasteiger partial charge on any atom is 0.239 e. The Morgan fingerprint density at radius 1 is 1.27 bits per heavy atom. The van der Waals surface area contributed by atoms with Crippen molar-refractivity contribution in [2.24, 2.45) is 0 Å². The second-order valence-corrected chi connectivity index (χ2v) is 9.58. The van der Waals surface area contributed by atoms with Crippen LogP contribution >= 0.6 is 11.3 Å². The van der Waals surface area contributed by atoms with Crippen LogP contribution in [0, 0.1) is 25.2 Å². The van der Waals surface area contributed by atoms with Crippen LogP contribution in [0.5, 0.6) is 0 Å². The number of hydrogen-bond donors (Lipinski definition) is 1. The predicted molar refractivity (Wildman–Crippen MR) is 131 cm³/mol. The molecule has 1 aliphatic heterocycles. The minimum absolute atomic E-state index is 0.118. The zero-order chi connectivity index (χ0) is 23.2. The van der Waals surface area contributed by atoms with Gasteiger partial charge < -0.3 is 14.6 Å². The monoisotopic (exact) mass is 462 g/mol. The number of benzene rings is 1. The fraction of sp³-hybridized carbons (Fsp3) is 0.385. The van der Waals surface area contributed by atoms with E-state index in [-0.39, 0.29) is 18.6 Å². The van der Waals surface area contributed by atoms with Gasteiger partial charge in [-0.2, -0.15) is 5.26 Å². The molecule has 1 aromatic carbocycles. The minimum Gasteiger partial charge on any atom is -0.377 e. The standard InChI is InChI=1S/C26H30N4O2S/c1-19-20(2)30(15-21-8-4-3-5-9-21)26(24(19)14-27)28-25(31)18-29(16-22-10-6-12-32-22)17-23-11-7-13-33-23/h3-5,7-9,11,13,22H,6,10,12,15-18H2,1-2H3,(H,28,31)/t22-/m0/s1. The van der Waals surface area contributed by atoms with Crippen molar-refractivity contribution in [1.82, 2.24) is 9.47 Å². The van der Waals surface area contributed by atoms with E-state index in [1.165, 1.54) is 4.88 Å². The number of hydrogen-bond acceptors (Lipinski definition) is 5. The first kappa shape index (κ1) is 23.2. The van der Waals surface area contributed by atoms with Gasteiger partial charge in [-0.3, -0.25) is 9.69 Å². The Balaban J connectivity index is 1.53. The van der Waals surface area contributed by atoms with E-state index < -0.39 is 0 Å². The molecule has 7 heteroatoms. The number of nitriles is 1. The fourth-order valence-electron chi connectivity index (χ4n) is 4.35. The summed E-state index contributed by atoms with van der Waals surface area (Å²) in [7, 11) is 0. The molecule has 1 fully saturated rings. The molecule has 2 aromatic heterocycles. The molecule has 1 amide bonds. The summed E-state index contributed by atoms with van der Waals surface area (Å²) in [5, 5.41) is 14.9. The molecule has 0 aliphatic carbocycles. The third kappa shape index (κ3) is 5.72. The van der Waals surface area contributed by atoms with Gasteiger partial charge in [-0.15, -0.1) is 11.3 Å². The minimum atomic E-state index is -0.118. The van der Waals surface area contributed by atoms with Gasteiger partial charge in [0.05, 0.1) is 18.2 Å². The van der Waals surface area contributed by atoms with Gasteiger partial charge in [0.25, 0.3) is 0 Å². The molecule has 3 aromatic rings. The van der Waals surface area contributed by atoms with E-state index in [1.54, 1.807) is 11.3 Å². The summed E-state index contributed by atoms with van der Waals surface area (Å²) in [5.41, 5.74) is 3.54. The van der Waals surface area contributed by atoms with Gasteiger partial charge in [-0.25, -0.2) is 0 Å². The van der Waals surface area contributed by atoms with Crippen LogP contribution in [0.3, 0.4) is 0 Å². The molecule has 6 nitrogen and oxygen atoms in total. The Bertz CT molecular complexity index is 1110. The van der Waals surface area contributed by atoms with Gasteiger partial charge in [-0.05, 0) is 49.3 Å². The predicted octanol–water partition coefficient (Wildman–Crippen LogP) is 4.71. The quantitative estimate of drug-likeness (QED) is 0.500. The van der Waals surface area contributed by atoms with Crippen molar-refractivity contribution < 1.29 is 9.53 Å². The highest BCUT2D eigenvalue weighted by molar-refractivity contribution is 7.09. The fourth-order valence-corrected chi connectivity index (χ4v) is 5.10. The van der Waals surface area contributed by atoms with Crippen LogP contribution in [0.4, 0.5) is 5.82 Å². The molecule has 172 valence electrons. The smallest absolute Gasteiger partial charge is 0.239 e. The van der Waals surface area contributed by atoms with Crippen molar-refractivity contribution in [1.29, 1.82) is 5.26 Å². The lowest BCUT2D eigenvalue weighted by Gasteiger charge is -2.24. The summed E-state index contributed by atoms with van der Waals surface area (Å²) >= 11 is 1.69. The normalized spacial score (nSPS) is 15.6. The van der Waals surface area contributed by atoms with Crippen LogP contribution in [0.1, 0.15) is 40.1 Å². The van der Waals surface area contributed by atoms with E-state index in [9.17, 15) is 10.1 Å². The first-order chi connectivity index (χ1) is 16.0. The number of rotatable bonds is 9. The number of amides is 1. The third-order valence-corrected chi connectivity index (χ3v) is 7.06. The van der Waals surface area contributed by atoms with Gasteiger partial charge in [0.15, 0.2) is 0 Å². The number of ether oxygens (including phenoxy) is 1. The largest absolute Gasteiger partial charge is 0.377 e. The molecule has 0 spiro atoms. The number of nitrogens with zero attached hydrogens (tertiary/aromatic N) is 3. The Labute approximate surface area is 199 Å². The van der Waals surface area contributed by atoms with Gasteiger partial charge in [0.1, 0.15) is 11.9 Å². The Kier molecular flexibility index (Phi) is 7.61. The average molecular weight is 463 g/mol. The summed E-state index contributed by atoms with van der Waals surface area (Å²) in [6.45, 7) is 7.00. The van der Waals surface area contributed by atoms with E-state index in [0.717, 1.165) is 42.8 Å². The van der Waals surface area contributed by atoms with Gasteiger partial charge >= 0.3 is 0 Å². The van der Waals surface area contributed by atoms with Crippen molar-refractivity contribution in [3.05, 3.63) is 75.1 Å². The molecule has 1 N–H and O–H groups in total. The summed E-state index contributed by atoms with van der Waals surface area (Å²) in [6, 6.07) is 16.5. The third-order valence-electron chi connectivity index (χ3n) is 6.20. The van der Waals surface area contributed by atoms with E-state index in [1.807, 2.05) is 42.7 Å². The maximum atomic E-state index is 13.2. The van der Waals surface area contributed by atoms with Crippen LogP contribution in [-0.4, -0.2) is 41.2 Å². The van der Waals surface area contributed by atoms with Crippen molar-refractivity contribution in [2.75, 3.05) is 25.0 Å². The molecule has 1 atom stereocenters. The van der Waals surface area contributed by atoms with Crippen molar-refractivity contribution >= 4 is 23.1 Å². The first-order valence-corrected chi connectivity index (χ1v) is 12.2. The van der Waals surface area contributed by atoms with E-state index >= 15 is 0 Å². The highest BCUT2D eigenvalue weighted by atomic mass is 32.1. The summed E-state index contributed by atoms with van der Waals surface area (Å²) in [6.07, 6.45) is 2.26. The number of aromatic nitrogens is 1. The lowest BCUT2D eigenvalue weighted by molar-refractivity contribution is -0.117. The lowest BCUT2D eigenvalue weighted by Crippen LogP contribution is -2.38. The Morgan fingerprint density at radius 2 is 2.09 bits per heavy atom. The first-order valence-electron chi connectivity index (χ1n) is 11.3. The average Bonchev–Trinajstić information content (AvgIpc) is 3.55. The molecule has 4 rings (SSSR count). The van der Waals surface area contributed by atoms with Gasteiger partial charge in [-0.1, -0.05) is 36.4 Å². The molecule has 1 saturated heterocycles. The van der Waals surface area contributed by atoms with Crippen LogP contribution < -0.4 is 5.32 Å². The van der Waals surface area contributed by atoms with Crippen LogP contribution in [0.25, 0.3) is 0 Å². The molecule has 0 saturated carbocycles. The van der Waals surface area contributed by atoms with Crippen molar-refractivity contribution in [2.45, 2.75) is 45.9 Å². The summed E-state index contributed by atoms with van der Waals surface area (Å²) in [4.78, 5) is 16.6. The second-order valence-electron chi connectivity index (χ2n) is 8.55. The van der Waals surface area contributed by atoms with E-state index in [2.05, 4.69) is 39.9 Å². The highest BCUT2D eigenvalue weighted by Crippen LogP contribution is 2.27. The second kappa shape index (κ2) is 10.8. The molecule has 1 aliphatic rings. The molecule has 0 radical (unpaired) electrons. The van der Waals surface area contributed by atoms with Crippen molar-refractivity contribution in [3.63, 3.8) is 0 Å². The maximum absolute atomic E-state index is 13.2.